The van der Waals surface area contributed by atoms with Crippen molar-refractivity contribution in [3.63, 3.8) is 0 Å². The van der Waals surface area contributed by atoms with Crippen LogP contribution in [0.4, 0.5) is 5.69 Å². The number of morpholine rings is 1. The van der Waals surface area contributed by atoms with Crippen LogP contribution in [-0.4, -0.2) is 44.9 Å². The van der Waals surface area contributed by atoms with Crippen LogP contribution in [0.15, 0.2) is 18.2 Å². The average molecular weight is 279 g/mol. The first kappa shape index (κ1) is 14.6. The Hall–Kier alpha value is -1.79. The molecule has 1 saturated heterocycles. The summed E-state index contributed by atoms with van der Waals surface area (Å²) in [6, 6.07) is 5.03. The van der Waals surface area contributed by atoms with Crippen LogP contribution in [0.5, 0.6) is 5.75 Å². The molecule has 4 N–H and O–H groups in total. The summed E-state index contributed by atoms with van der Waals surface area (Å²) in [7, 11) is 0. The monoisotopic (exact) mass is 279 g/mol. The van der Waals surface area contributed by atoms with E-state index in [2.05, 4.69) is 10.6 Å². The molecule has 1 aromatic rings. The van der Waals surface area contributed by atoms with Crippen molar-refractivity contribution in [3.05, 3.63) is 23.8 Å². The molecular formula is C14H21N3O3. The Balaban J connectivity index is 1.97. The van der Waals surface area contributed by atoms with Crippen molar-refractivity contribution in [2.24, 2.45) is 0 Å². The number of amides is 1. The molecule has 0 unspecified atom stereocenters. The third-order valence-electron chi connectivity index (χ3n) is 3.04. The minimum Gasteiger partial charge on any atom is -0.493 e. The molecule has 110 valence electrons. The van der Waals surface area contributed by atoms with Gasteiger partial charge in [-0.2, -0.15) is 0 Å². The molecule has 0 bridgehead atoms. The van der Waals surface area contributed by atoms with Crippen LogP contribution >= 0.6 is 0 Å². The van der Waals surface area contributed by atoms with Gasteiger partial charge < -0.3 is 25.8 Å². The van der Waals surface area contributed by atoms with E-state index in [1.165, 1.54) is 0 Å². The molecule has 0 saturated carbocycles. The Bertz CT molecular complexity index is 459. The van der Waals surface area contributed by atoms with Gasteiger partial charge in [-0.1, -0.05) is 0 Å². The number of rotatable bonds is 5. The van der Waals surface area contributed by atoms with Crippen LogP contribution in [0.2, 0.25) is 0 Å². The minimum atomic E-state index is -0.178. The number of carbonyl (C=O) groups is 1. The fourth-order valence-electron chi connectivity index (χ4n) is 2.05. The van der Waals surface area contributed by atoms with Crippen molar-refractivity contribution in [2.45, 2.75) is 13.0 Å². The molecule has 1 aromatic carbocycles. The SMILES string of the molecule is CCOc1cc(N)ccc1C(=O)NC[C@@H]1CNCCO1. The Morgan fingerprint density at radius 3 is 3.15 bits per heavy atom. The molecule has 1 amide bonds. The molecule has 6 nitrogen and oxygen atoms in total. The van der Waals surface area contributed by atoms with Crippen LogP contribution in [0.1, 0.15) is 17.3 Å². The lowest BCUT2D eigenvalue weighted by Crippen LogP contribution is -2.45. The predicted molar refractivity (Wildman–Crippen MR) is 77.0 cm³/mol. The maximum atomic E-state index is 12.2. The summed E-state index contributed by atoms with van der Waals surface area (Å²) in [5.41, 5.74) is 6.77. The van der Waals surface area contributed by atoms with E-state index in [9.17, 15) is 4.79 Å². The molecule has 1 aliphatic heterocycles. The summed E-state index contributed by atoms with van der Waals surface area (Å²) in [5.74, 6) is 0.329. The predicted octanol–water partition coefficient (Wildman–Crippen LogP) is 0.386. The summed E-state index contributed by atoms with van der Waals surface area (Å²) in [6.45, 7) is 5.11. The van der Waals surface area contributed by atoms with Gasteiger partial charge in [-0.15, -0.1) is 0 Å². The second-order valence-electron chi connectivity index (χ2n) is 4.60. The Morgan fingerprint density at radius 1 is 1.60 bits per heavy atom. The van der Waals surface area contributed by atoms with E-state index in [1.807, 2.05) is 6.92 Å². The average Bonchev–Trinajstić information content (AvgIpc) is 2.46. The third-order valence-corrected chi connectivity index (χ3v) is 3.04. The van der Waals surface area contributed by atoms with Crippen LogP contribution in [0, 0.1) is 0 Å². The quantitative estimate of drug-likeness (QED) is 0.679. The molecule has 0 aromatic heterocycles. The molecule has 2 rings (SSSR count). The summed E-state index contributed by atoms with van der Waals surface area (Å²) >= 11 is 0. The fourth-order valence-corrected chi connectivity index (χ4v) is 2.05. The molecule has 1 atom stereocenters. The lowest BCUT2D eigenvalue weighted by atomic mass is 10.1. The van der Waals surface area contributed by atoms with Gasteiger partial charge in [-0.25, -0.2) is 0 Å². The highest BCUT2D eigenvalue weighted by Crippen LogP contribution is 2.21. The molecule has 1 fully saturated rings. The number of hydrogen-bond acceptors (Lipinski definition) is 5. The maximum Gasteiger partial charge on any atom is 0.255 e. The molecular weight excluding hydrogens is 258 g/mol. The maximum absolute atomic E-state index is 12.2. The molecule has 20 heavy (non-hydrogen) atoms. The summed E-state index contributed by atoms with van der Waals surface area (Å²) in [4.78, 5) is 12.2. The Labute approximate surface area is 118 Å². The first-order chi connectivity index (χ1) is 9.70. The molecule has 0 spiro atoms. The number of ether oxygens (including phenoxy) is 2. The first-order valence-corrected chi connectivity index (χ1v) is 6.83. The van der Waals surface area contributed by atoms with Gasteiger partial charge >= 0.3 is 0 Å². The third kappa shape index (κ3) is 3.85. The zero-order valence-corrected chi connectivity index (χ0v) is 11.6. The van der Waals surface area contributed by atoms with Gasteiger partial charge in [0.25, 0.3) is 5.91 Å². The molecule has 6 heteroatoms. The van der Waals surface area contributed by atoms with E-state index in [4.69, 9.17) is 15.2 Å². The number of carbonyl (C=O) groups excluding carboxylic acids is 1. The first-order valence-electron chi connectivity index (χ1n) is 6.83. The minimum absolute atomic E-state index is 0.0111. The van der Waals surface area contributed by atoms with Gasteiger partial charge in [-0.05, 0) is 19.1 Å². The zero-order chi connectivity index (χ0) is 14.4. The van der Waals surface area contributed by atoms with Gasteiger partial charge in [-0.3, -0.25) is 4.79 Å². The van der Waals surface area contributed by atoms with Gasteiger partial charge in [0, 0.05) is 31.4 Å². The number of nitrogen functional groups attached to an aromatic ring is 1. The Morgan fingerprint density at radius 2 is 2.45 bits per heavy atom. The number of nitrogens with two attached hydrogens (primary N) is 1. The lowest BCUT2D eigenvalue weighted by molar-refractivity contribution is 0.0287. The second kappa shape index (κ2) is 7.12. The molecule has 0 radical (unpaired) electrons. The number of nitrogens with one attached hydrogen (secondary N) is 2. The lowest BCUT2D eigenvalue weighted by Gasteiger charge is -2.23. The number of anilines is 1. The van der Waals surface area contributed by atoms with Crippen LogP contribution < -0.4 is 21.1 Å². The highest BCUT2D eigenvalue weighted by molar-refractivity contribution is 5.97. The van der Waals surface area contributed by atoms with Crippen molar-refractivity contribution in [2.75, 3.05) is 38.6 Å². The van der Waals surface area contributed by atoms with Gasteiger partial charge in [0.15, 0.2) is 0 Å². The highest BCUT2D eigenvalue weighted by atomic mass is 16.5. The van der Waals surface area contributed by atoms with E-state index in [-0.39, 0.29) is 12.0 Å². The molecule has 1 heterocycles. The van der Waals surface area contributed by atoms with Crippen molar-refractivity contribution in [3.8, 4) is 5.75 Å². The normalized spacial score (nSPS) is 18.6. The molecule has 0 aliphatic carbocycles. The largest absolute Gasteiger partial charge is 0.493 e. The Kier molecular flexibility index (Phi) is 5.20. The number of benzene rings is 1. The number of hydrogen-bond donors (Lipinski definition) is 3. The smallest absolute Gasteiger partial charge is 0.255 e. The van der Waals surface area contributed by atoms with E-state index in [0.29, 0.717) is 36.8 Å². The van der Waals surface area contributed by atoms with Crippen molar-refractivity contribution < 1.29 is 14.3 Å². The highest BCUT2D eigenvalue weighted by Gasteiger charge is 2.17. The standard InChI is InChI=1S/C14H21N3O3/c1-2-19-13-7-10(15)3-4-12(13)14(18)17-9-11-8-16-5-6-20-11/h3-4,7,11,16H,2,5-6,8-9,15H2,1H3,(H,17,18)/t11-/m0/s1. The van der Waals surface area contributed by atoms with Gasteiger partial charge in [0.05, 0.1) is 24.9 Å². The van der Waals surface area contributed by atoms with Crippen LogP contribution in [0.3, 0.4) is 0 Å². The van der Waals surface area contributed by atoms with Crippen LogP contribution in [0.25, 0.3) is 0 Å². The van der Waals surface area contributed by atoms with Crippen molar-refractivity contribution in [1.29, 1.82) is 0 Å². The van der Waals surface area contributed by atoms with Crippen LogP contribution in [-0.2, 0) is 4.74 Å². The zero-order valence-electron chi connectivity index (χ0n) is 11.6. The summed E-state index contributed by atoms with van der Waals surface area (Å²) < 4.78 is 11.0. The van der Waals surface area contributed by atoms with E-state index < -0.39 is 0 Å². The summed E-state index contributed by atoms with van der Waals surface area (Å²) in [5, 5.41) is 6.08. The van der Waals surface area contributed by atoms with E-state index >= 15 is 0 Å². The summed E-state index contributed by atoms with van der Waals surface area (Å²) in [6.07, 6.45) is 0.0111. The van der Waals surface area contributed by atoms with E-state index in [0.717, 1.165) is 13.1 Å². The topological polar surface area (TPSA) is 85.6 Å². The van der Waals surface area contributed by atoms with Gasteiger partial charge in [0.1, 0.15) is 5.75 Å². The van der Waals surface area contributed by atoms with E-state index in [1.54, 1.807) is 18.2 Å². The fraction of sp³-hybridized carbons (Fsp3) is 0.500. The van der Waals surface area contributed by atoms with Gasteiger partial charge in [0.2, 0.25) is 0 Å². The molecule has 1 aliphatic rings. The van der Waals surface area contributed by atoms with Crippen molar-refractivity contribution >= 4 is 11.6 Å². The van der Waals surface area contributed by atoms with Crippen molar-refractivity contribution in [1.82, 2.24) is 10.6 Å². The second-order valence-corrected chi connectivity index (χ2v) is 4.60.